The lowest BCUT2D eigenvalue weighted by molar-refractivity contribution is -0.136. The summed E-state index contributed by atoms with van der Waals surface area (Å²) in [5.74, 6) is 0.572. The third kappa shape index (κ3) is 4.69. The zero-order chi connectivity index (χ0) is 28.8. The molecule has 0 radical (unpaired) electrons. The minimum atomic E-state index is -0.993. The van der Waals surface area contributed by atoms with Crippen LogP contribution in [-0.2, 0) is 9.53 Å². The van der Waals surface area contributed by atoms with Crippen LogP contribution in [-0.4, -0.2) is 64.8 Å². The van der Waals surface area contributed by atoms with E-state index in [1.807, 2.05) is 38.1 Å². The Morgan fingerprint density at radius 2 is 1.90 bits per heavy atom. The van der Waals surface area contributed by atoms with Crippen LogP contribution < -0.4 is 20.1 Å². The number of fused-ring (bicyclic) bond motifs is 2. The second-order valence-corrected chi connectivity index (χ2v) is 11.3. The van der Waals surface area contributed by atoms with Gasteiger partial charge in [0.25, 0.3) is 5.91 Å². The van der Waals surface area contributed by atoms with Gasteiger partial charge in [-0.05, 0) is 51.0 Å². The quantitative estimate of drug-likeness (QED) is 0.433. The third-order valence-electron chi connectivity index (χ3n) is 8.60. The Bertz CT molecular complexity index is 1300. The van der Waals surface area contributed by atoms with E-state index < -0.39 is 41.3 Å². The number of aliphatic hydroxyl groups excluding tert-OH is 1. The maximum atomic E-state index is 13.6. The number of nitrogens with zero attached hydrogens (tertiary/aromatic N) is 1. The summed E-state index contributed by atoms with van der Waals surface area (Å²) in [5, 5.41) is 26.2. The molecule has 1 saturated heterocycles. The summed E-state index contributed by atoms with van der Waals surface area (Å²) < 4.78 is 17.6. The van der Waals surface area contributed by atoms with Crippen molar-refractivity contribution in [2.75, 3.05) is 13.7 Å². The molecule has 0 bridgehead atoms. The topological polar surface area (TPSA) is 133 Å². The van der Waals surface area contributed by atoms with Crippen molar-refractivity contribution in [3.63, 3.8) is 0 Å². The smallest absolute Gasteiger partial charge is 0.251 e. The normalized spacial score (nSPS) is 26.5. The molecule has 0 saturated carbocycles. The van der Waals surface area contributed by atoms with Crippen molar-refractivity contribution < 1.29 is 28.9 Å². The van der Waals surface area contributed by atoms with Crippen molar-refractivity contribution >= 4 is 17.8 Å². The minimum Gasteiger partial charge on any atom is -0.490 e. The molecule has 3 aliphatic heterocycles. The first kappa shape index (κ1) is 27.9. The number of rotatable bonds is 6. The predicted octanol–water partition coefficient (Wildman–Crippen LogP) is 3.45. The molecule has 4 atom stereocenters. The molecular formula is C30H38N4O6. The molecule has 4 N–H and O–H groups in total. The number of carbonyl (C=O) groups is 2. The van der Waals surface area contributed by atoms with Crippen molar-refractivity contribution in [3.05, 3.63) is 59.2 Å². The van der Waals surface area contributed by atoms with Gasteiger partial charge in [0.2, 0.25) is 5.91 Å². The van der Waals surface area contributed by atoms with E-state index in [9.17, 15) is 14.7 Å². The van der Waals surface area contributed by atoms with Crippen LogP contribution in [0.5, 0.6) is 11.5 Å². The molecule has 0 aromatic heterocycles. The second kappa shape index (κ2) is 10.4. The van der Waals surface area contributed by atoms with Gasteiger partial charge in [-0.1, -0.05) is 32.0 Å². The number of nitrogens with one attached hydrogen (secondary N) is 3. The summed E-state index contributed by atoms with van der Waals surface area (Å²) in [4.78, 5) is 28.6. The average molecular weight is 551 g/mol. The molecule has 2 aromatic rings. The maximum Gasteiger partial charge on any atom is 0.251 e. The number of amides is 2. The van der Waals surface area contributed by atoms with Gasteiger partial charge in [0.1, 0.15) is 35.9 Å². The first-order valence-electron chi connectivity index (χ1n) is 13.8. The number of benzene rings is 2. The first-order valence-corrected chi connectivity index (χ1v) is 13.8. The van der Waals surface area contributed by atoms with Crippen LogP contribution in [0.25, 0.3) is 0 Å². The lowest BCUT2D eigenvalue weighted by Crippen LogP contribution is -2.64. The van der Waals surface area contributed by atoms with Crippen molar-refractivity contribution in [3.8, 4) is 11.5 Å². The molecule has 5 rings (SSSR count). The number of guanidine groups is 1. The summed E-state index contributed by atoms with van der Waals surface area (Å²) in [5.41, 5.74) is 0.228. The Labute approximate surface area is 234 Å². The molecule has 2 aromatic carbocycles. The number of para-hydroxylation sites is 1. The average Bonchev–Trinajstić information content (AvgIpc) is 2.94. The van der Waals surface area contributed by atoms with Gasteiger partial charge < -0.3 is 30.0 Å². The van der Waals surface area contributed by atoms with Gasteiger partial charge >= 0.3 is 0 Å². The largest absolute Gasteiger partial charge is 0.490 e. The fourth-order valence-electron chi connectivity index (χ4n) is 5.97. The number of methoxy groups -OCH3 is 1. The summed E-state index contributed by atoms with van der Waals surface area (Å²) in [6, 6.07) is 11.0. The second-order valence-electron chi connectivity index (χ2n) is 11.3. The summed E-state index contributed by atoms with van der Waals surface area (Å²) in [6.45, 7) is 7.78. The highest BCUT2D eigenvalue weighted by molar-refractivity contribution is 6.00. The highest BCUT2D eigenvalue weighted by atomic mass is 16.5. The third-order valence-corrected chi connectivity index (χ3v) is 8.60. The number of ether oxygens (including phenoxy) is 3. The zero-order valence-electron chi connectivity index (χ0n) is 23.6. The highest BCUT2D eigenvalue weighted by Gasteiger charge is 2.47. The van der Waals surface area contributed by atoms with Crippen LogP contribution in [0.2, 0.25) is 0 Å². The van der Waals surface area contributed by atoms with Gasteiger partial charge in [0.15, 0.2) is 5.96 Å². The Morgan fingerprint density at radius 1 is 1.18 bits per heavy atom. The Kier molecular flexibility index (Phi) is 7.26. The van der Waals surface area contributed by atoms with Crippen molar-refractivity contribution in [1.82, 2.24) is 15.5 Å². The van der Waals surface area contributed by atoms with Crippen molar-refractivity contribution in [1.29, 1.82) is 5.41 Å². The molecule has 40 heavy (non-hydrogen) atoms. The summed E-state index contributed by atoms with van der Waals surface area (Å²) >= 11 is 0. The number of carbonyl (C=O) groups excluding carboxylic acids is 2. The van der Waals surface area contributed by atoms with E-state index in [4.69, 9.17) is 19.6 Å². The molecule has 1 fully saturated rings. The highest BCUT2D eigenvalue weighted by Crippen LogP contribution is 2.42. The van der Waals surface area contributed by atoms with E-state index in [0.29, 0.717) is 41.0 Å². The van der Waals surface area contributed by atoms with Crippen LogP contribution in [0, 0.1) is 5.41 Å². The fourth-order valence-corrected chi connectivity index (χ4v) is 5.97. The SMILES string of the molecule is CCC1(CC)CC(=O)N(C2c3cc(C(=O)N[C@@H]4c5ccccc5OC(C)(C)[C@H]4O)ccc3OC[C@H]2OC)C(=N)N1. The van der Waals surface area contributed by atoms with Crippen LogP contribution >= 0.6 is 0 Å². The molecule has 0 spiro atoms. The molecule has 3 aliphatic rings. The summed E-state index contributed by atoms with van der Waals surface area (Å²) in [7, 11) is 1.54. The van der Waals surface area contributed by atoms with Gasteiger partial charge in [-0.2, -0.15) is 0 Å². The van der Waals surface area contributed by atoms with E-state index in [0.717, 1.165) is 0 Å². The first-order chi connectivity index (χ1) is 19.0. The molecule has 3 heterocycles. The minimum absolute atomic E-state index is 0.0128. The van der Waals surface area contributed by atoms with Crippen molar-refractivity contribution in [2.45, 2.75) is 82.4 Å². The van der Waals surface area contributed by atoms with Gasteiger partial charge in [0.05, 0.1) is 18.5 Å². The maximum absolute atomic E-state index is 13.6. The molecule has 10 nitrogen and oxygen atoms in total. The van der Waals surface area contributed by atoms with E-state index in [-0.39, 0.29) is 24.9 Å². The van der Waals surface area contributed by atoms with Gasteiger partial charge in [-0.3, -0.25) is 19.9 Å². The van der Waals surface area contributed by atoms with Crippen LogP contribution in [0.3, 0.4) is 0 Å². The number of aliphatic hydroxyl groups is 1. The van der Waals surface area contributed by atoms with E-state index in [1.165, 1.54) is 4.90 Å². The van der Waals surface area contributed by atoms with Crippen molar-refractivity contribution in [2.24, 2.45) is 0 Å². The molecule has 2 amide bonds. The molecule has 214 valence electrons. The van der Waals surface area contributed by atoms with Gasteiger partial charge in [-0.15, -0.1) is 0 Å². The Morgan fingerprint density at radius 3 is 2.58 bits per heavy atom. The van der Waals surface area contributed by atoms with Crippen LogP contribution in [0.15, 0.2) is 42.5 Å². The molecular weight excluding hydrogens is 512 g/mol. The fraction of sp³-hybridized carbons (Fsp3) is 0.500. The Hall–Kier alpha value is -3.63. The molecule has 0 aliphatic carbocycles. The predicted molar refractivity (Wildman–Crippen MR) is 148 cm³/mol. The van der Waals surface area contributed by atoms with E-state index in [1.54, 1.807) is 39.2 Å². The van der Waals surface area contributed by atoms with E-state index in [2.05, 4.69) is 10.6 Å². The number of hydrogen-bond acceptors (Lipinski definition) is 7. The molecule has 10 heteroatoms. The monoisotopic (exact) mass is 550 g/mol. The number of hydrogen-bond donors (Lipinski definition) is 4. The van der Waals surface area contributed by atoms with Crippen LogP contribution in [0.1, 0.15) is 80.5 Å². The van der Waals surface area contributed by atoms with Crippen LogP contribution in [0.4, 0.5) is 0 Å². The lowest BCUT2D eigenvalue weighted by atomic mass is 9.85. The van der Waals surface area contributed by atoms with Gasteiger partial charge in [-0.25, -0.2) is 0 Å². The zero-order valence-corrected chi connectivity index (χ0v) is 23.6. The lowest BCUT2D eigenvalue weighted by Gasteiger charge is -2.47. The Balaban J connectivity index is 1.48. The van der Waals surface area contributed by atoms with Gasteiger partial charge in [0, 0.05) is 29.3 Å². The standard InChI is InChI=1S/C30H38N4O6/c1-6-30(7-2)15-23(35)34(28(31)33-30)25-19-14-17(12-13-20(19)39-16-22(25)38-5)27(37)32-24-18-10-8-9-11-21(18)40-29(3,4)26(24)36/h8-14,22,24-26,36H,6-7,15-16H2,1-5H3,(H2,31,33)(H,32,37)/t22-,24-,25?,26+/m1/s1. The van der Waals surface area contributed by atoms with E-state index >= 15 is 0 Å². The molecule has 1 unspecified atom stereocenters. The summed E-state index contributed by atoms with van der Waals surface area (Å²) in [6.07, 6.45) is 0.144.